The van der Waals surface area contributed by atoms with Crippen LogP contribution in [0.1, 0.15) is 33.6 Å². The van der Waals surface area contributed by atoms with E-state index in [1.54, 1.807) is 23.5 Å². The summed E-state index contributed by atoms with van der Waals surface area (Å²) < 4.78 is 0.350. The number of aliphatic hydroxyl groups excluding tert-OH is 2. The number of carbonyl (C=O) groups is 1. The van der Waals surface area contributed by atoms with E-state index in [1.165, 1.54) is 0 Å². The lowest BCUT2D eigenvalue weighted by Crippen LogP contribution is -2.29. The Morgan fingerprint density at radius 3 is 2.56 bits per heavy atom. The maximum Gasteiger partial charge on any atom is 0.151 e. The largest absolute Gasteiger partial charge is 0.394 e. The second-order valence-electron chi connectivity index (χ2n) is 5.91. The van der Waals surface area contributed by atoms with Crippen molar-refractivity contribution in [3.63, 3.8) is 0 Å². The summed E-state index contributed by atoms with van der Waals surface area (Å²) in [5, 5.41) is 18.5. The van der Waals surface area contributed by atoms with Crippen LogP contribution in [0.25, 0.3) is 0 Å². The molecule has 0 spiro atoms. The van der Waals surface area contributed by atoms with Gasteiger partial charge in [-0.2, -0.15) is 11.8 Å². The summed E-state index contributed by atoms with van der Waals surface area (Å²) in [7, 11) is 0. The van der Waals surface area contributed by atoms with Crippen molar-refractivity contribution in [1.82, 2.24) is 0 Å². The van der Waals surface area contributed by atoms with Gasteiger partial charge in [0.2, 0.25) is 0 Å². The van der Waals surface area contributed by atoms with Gasteiger partial charge in [-0.15, -0.1) is 11.8 Å². The monoisotopic (exact) mass is 292 g/mol. The van der Waals surface area contributed by atoms with E-state index in [4.69, 9.17) is 5.11 Å². The Hall–Kier alpha value is 0.290. The Kier molecular flexibility index (Phi) is 6.03. The Bertz CT molecular complexity index is 288. The average molecular weight is 292 g/mol. The second-order valence-corrected chi connectivity index (χ2v) is 8.54. The number of hydrogen-bond donors (Lipinski definition) is 2. The maximum atomic E-state index is 12.3. The fourth-order valence-electron chi connectivity index (χ4n) is 2.25. The third kappa shape index (κ3) is 4.15. The highest BCUT2D eigenvalue weighted by molar-refractivity contribution is 8.17. The highest BCUT2D eigenvalue weighted by Gasteiger charge is 2.41. The topological polar surface area (TPSA) is 57.5 Å². The molecule has 3 nitrogen and oxygen atoms in total. The fourth-order valence-corrected chi connectivity index (χ4v) is 5.30. The Labute approximate surface area is 118 Å². The van der Waals surface area contributed by atoms with Crippen LogP contribution >= 0.6 is 23.5 Å². The first kappa shape index (κ1) is 16.3. The van der Waals surface area contributed by atoms with E-state index in [2.05, 4.69) is 0 Å². The molecule has 1 fully saturated rings. The van der Waals surface area contributed by atoms with Crippen molar-refractivity contribution >= 4 is 29.3 Å². The average Bonchev–Trinajstić information content (AvgIpc) is 2.69. The van der Waals surface area contributed by atoms with Gasteiger partial charge in [-0.25, -0.2) is 0 Å². The first-order chi connectivity index (χ1) is 8.29. The van der Waals surface area contributed by atoms with Gasteiger partial charge in [0.15, 0.2) is 5.78 Å². The Morgan fingerprint density at radius 2 is 2.11 bits per heavy atom. The second kappa shape index (κ2) is 6.64. The summed E-state index contributed by atoms with van der Waals surface area (Å²) in [6.07, 6.45) is 2.79. The molecule has 5 heteroatoms. The molecule has 2 N–H and O–H groups in total. The van der Waals surface area contributed by atoms with E-state index in [1.807, 2.05) is 27.0 Å². The van der Waals surface area contributed by atoms with Crippen molar-refractivity contribution in [1.29, 1.82) is 0 Å². The summed E-state index contributed by atoms with van der Waals surface area (Å²) in [5.74, 6) is 0.607. The van der Waals surface area contributed by atoms with Crippen LogP contribution in [0.4, 0.5) is 0 Å². The molecular formula is C13H24O3S2. The molecule has 0 aliphatic carbocycles. The molecule has 0 bridgehead atoms. The molecule has 4 unspecified atom stereocenters. The van der Waals surface area contributed by atoms with Gasteiger partial charge in [0.1, 0.15) is 0 Å². The molecule has 0 aromatic rings. The molecule has 0 aromatic carbocycles. The summed E-state index contributed by atoms with van der Waals surface area (Å²) in [4.78, 5) is 12.3. The SMILES string of the molecule is CSC1SC(C(=O)C(C)(C)C)CC1CC(O)CO. The van der Waals surface area contributed by atoms with Crippen LogP contribution in [0.3, 0.4) is 0 Å². The minimum atomic E-state index is -0.659. The number of hydrogen-bond acceptors (Lipinski definition) is 5. The quantitative estimate of drug-likeness (QED) is 0.813. The van der Waals surface area contributed by atoms with E-state index in [-0.39, 0.29) is 17.3 Å². The molecular weight excluding hydrogens is 268 g/mol. The third-order valence-corrected chi connectivity index (χ3v) is 6.40. The molecule has 0 aromatic heterocycles. The molecule has 1 aliphatic heterocycles. The summed E-state index contributed by atoms with van der Waals surface area (Å²) >= 11 is 3.47. The van der Waals surface area contributed by atoms with Gasteiger partial charge >= 0.3 is 0 Å². The fraction of sp³-hybridized carbons (Fsp3) is 0.923. The molecule has 1 heterocycles. The number of rotatable bonds is 5. The predicted molar refractivity (Wildman–Crippen MR) is 79.0 cm³/mol. The zero-order valence-electron chi connectivity index (χ0n) is 11.5. The van der Waals surface area contributed by atoms with E-state index >= 15 is 0 Å². The maximum absolute atomic E-state index is 12.3. The smallest absolute Gasteiger partial charge is 0.151 e. The van der Waals surface area contributed by atoms with Crippen LogP contribution in [-0.4, -0.2) is 44.8 Å². The highest BCUT2D eigenvalue weighted by Crippen LogP contribution is 2.47. The van der Waals surface area contributed by atoms with Gasteiger partial charge < -0.3 is 10.2 Å². The Balaban J connectivity index is 2.65. The zero-order valence-corrected chi connectivity index (χ0v) is 13.2. The van der Waals surface area contributed by atoms with E-state index in [0.29, 0.717) is 22.7 Å². The van der Waals surface area contributed by atoms with Gasteiger partial charge in [0.25, 0.3) is 0 Å². The van der Waals surface area contributed by atoms with E-state index in [0.717, 1.165) is 6.42 Å². The van der Waals surface area contributed by atoms with Crippen LogP contribution in [0.5, 0.6) is 0 Å². The van der Waals surface area contributed by atoms with Gasteiger partial charge in [0, 0.05) is 5.41 Å². The van der Waals surface area contributed by atoms with Crippen molar-refractivity contribution in [2.75, 3.05) is 12.9 Å². The number of aliphatic hydroxyl groups is 2. The van der Waals surface area contributed by atoms with E-state index in [9.17, 15) is 9.90 Å². The molecule has 106 valence electrons. The van der Waals surface area contributed by atoms with Crippen molar-refractivity contribution in [2.45, 2.75) is 49.5 Å². The lowest BCUT2D eigenvalue weighted by Gasteiger charge is -2.21. The zero-order chi connectivity index (χ0) is 13.9. The van der Waals surface area contributed by atoms with Gasteiger partial charge in [-0.05, 0) is 25.0 Å². The summed E-state index contributed by atoms with van der Waals surface area (Å²) in [5.41, 5.74) is -0.300. The normalized spacial score (nSPS) is 30.4. The van der Waals surface area contributed by atoms with Crippen LogP contribution < -0.4 is 0 Å². The molecule has 18 heavy (non-hydrogen) atoms. The molecule has 1 rings (SSSR count). The molecule has 1 saturated heterocycles. The van der Waals surface area contributed by atoms with Crippen molar-refractivity contribution < 1.29 is 15.0 Å². The molecule has 0 saturated carbocycles. The van der Waals surface area contributed by atoms with Crippen molar-refractivity contribution in [3.8, 4) is 0 Å². The van der Waals surface area contributed by atoms with Gasteiger partial charge in [0.05, 0.1) is 22.5 Å². The highest BCUT2D eigenvalue weighted by atomic mass is 32.2. The van der Waals surface area contributed by atoms with Crippen molar-refractivity contribution in [2.24, 2.45) is 11.3 Å². The van der Waals surface area contributed by atoms with Crippen LogP contribution in [-0.2, 0) is 4.79 Å². The number of ketones is 1. The Morgan fingerprint density at radius 1 is 1.50 bits per heavy atom. The van der Waals surface area contributed by atoms with Crippen LogP contribution in [0.2, 0.25) is 0 Å². The van der Waals surface area contributed by atoms with E-state index < -0.39 is 6.10 Å². The summed E-state index contributed by atoms with van der Waals surface area (Å²) in [6, 6.07) is 0. The molecule has 4 atom stereocenters. The predicted octanol–water partition coefficient (Wildman–Crippen LogP) is 2.16. The van der Waals surface area contributed by atoms with Gasteiger partial charge in [-0.1, -0.05) is 20.8 Å². The first-order valence-corrected chi connectivity index (χ1v) is 8.54. The summed E-state index contributed by atoms with van der Waals surface area (Å²) in [6.45, 7) is 5.68. The third-order valence-electron chi connectivity index (χ3n) is 3.25. The molecule has 1 aliphatic rings. The standard InChI is InChI=1S/C13H24O3S2/c1-13(2,3)11(16)10-6-8(5-9(15)7-14)12(17-4)18-10/h8-10,12,14-15H,5-7H2,1-4H3. The van der Waals surface area contributed by atoms with Crippen LogP contribution in [0.15, 0.2) is 0 Å². The lowest BCUT2D eigenvalue weighted by molar-refractivity contribution is -0.125. The number of carbonyl (C=O) groups excluding carboxylic acids is 1. The number of thioether (sulfide) groups is 2. The minimum absolute atomic E-state index is 0.0401. The first-order valence-electron chi connectivity index (χ1n) is 6.31. The van der Waals surface area contributed by atoms with Crippen LogP contribution in [0, 0.1) is 11.3 Å². The molecule has 0 radical (unpaired) electrons. The molecule has 0 amide bonds. The van der Waals surface area contributed by atoms with Crippen molar-refractivity contribution in [3.05, 3.63) is 0 Å². The number of Topliss-reactive ketones (excluding diaryl/α,β-unsaturated/α-hetero) is 1. The minimum Gasteiger partial charge on any atom is -0.394 e. The van der Waals surface area contributed by atoms with Gasteiger partial charge in [-0.3, -0.25) is 4.79 Å². The lowest BCUT2D eigenvalue weighted by atomic mass is 9.85.